The molecule has 0 aliphatic rings. The van der Waals surface area contributed by atoms with Crippen LogP contribution in [-0.2, 0) is 4.79 Å². The van der Waals surface area contributed by atoms with Crippen molar-refractivity contribution in [3.8, 4) is 5.75 Å². The summed E-state index contributed by atoms with van der Waals surface area (Å²) in [4.78, 5) is 12.8. The first kappa shape index (κ1) is 15.1. The van der Waals surface area contributed by atoms with Gasteiger partial charge in [0, 0.05) is 18.2 Å². The number of hydrogen-bond donors (Lipinski definition) is 1. The number of likely N-dealkylation sites (N-methyl/N-ethyl adjacent to an activating group) is 1. The molecule has 0 saturated heterocycles. The molecular weight excluding hydrogens is 266 g/mol. The van der Waals surface area contributed by atoms with Crippen LogP contribution in [0.3, 0.4) is 0 Å². The van der Waals surface area contributed by atoms with Crippen molar-refractivity contribution < 1.29 is 14.6 Å². The Balaban J connectivity index is 2.38. The lowest BCUT2D eigenvalue weighted by Crippen LogP contribution is -2.19. The highest BCUT2D eigenvalue weighted by Gasteiger charge is 2.07. The fourth-order valence-corrected chi connectivity index (χ4v) is 2.07. The molecule has 2 rings (SSSR count). The van der Waals surface area contributed by atoms with Gasteiger partial charge in [0.25, 0.3) is 0 Å². The monoisotopic (exact) mass is 285 g/mol. The lowest BCUT2D eigenvalue weighted by atomic mass is 10.0. The summed E-state index contributed by atoms with van der Waals surface area (Å²) in [6.07, 6.45) is 2.73. The molecule has 0 amide bonds. The minimum absolute atomic E-state index is 0.555. The molecule has 110 valence electrons. The van der Waals surface area contributed by atoms with Gasteiger partial charge >= 0.3 is 5.97 Å². The second kappa shape index (κ2) is 6.90. The van der Waals surface area contributed by atoms with Crippen LogP contribution >= 0.6 is 0 Å². The van der Waals surface area contributed by atoms with E-state index in [1.54, 1.807) is 6.08 Å². The van der Waals surface area contributed by atoms with E-state index >= 15 is 0 Å². The van der Waals surface area contributed by atoms with E-state index in [-0.39, 0.29) is 0 Å². The largest absolute Gasteiger partial charge is 0.492 e. The number of benzene rings is 2. The quantitative estimate of drug-likeness (QED) is 0.829. The molecule has 0 aliphatic heterocycles. The Morgan fingerprint density at radius 3 is 2.71 bits per heavy atom. The molecule has 1 N–H and O–H groups in total. The smallest absolute Gasteiger partial charge is 0.328 e. The maximum absolute atomic E-state index is 10.8. The first-order valence-corrected chi connectivity index (χ1v) is 6.78. The van der Waals surface area contributed by atoms with Crippen LogP contribution in [0.5, 0.6) is 5.75 Å². The Hall–Kier alpha value is -2.33. The van der Waals surface area contributed by atoms with Crippen molar-refractivity contribution in [2.75, 3.05) is 27.2 Å². The molecule has 4 nitrogen and oxygen atoms in total. The lowest BCUT2D eigenvalue weighted by Gasteiger charge is -2.14. The van der Waals surface area contributed by atoms with Gasteiger partial charge in [-0.05, 0) is 37.0 Å². The molecule has 2 aromatic carbocycles. The molecule has 0 bridgehead atoms. The van der Waals surface area contributed by atoms with Crippen molar-refractivity contribution in [2.45, 2.75) is 0 Å². The van der Waals surface area contributed by atoms with Crippen LogP contribution in [-0.4, -0.2) is 43.2 Å². The summed E-state index contributed by atoms with van der Waals surface area (Å²) in [5, 5.41) is 10.9. The summed E-state index contributed by atoms with van der Waals surface area (Å²) in [6, 6.07) is 11.7. The van der Waals surface area contributed by atoms with Crippen LogP contribution in [0.15, 0.2) is 42.5 Å². The number of hydrogen-bond acceptors (Lipinski definition) is 3. The first-order valence-electron chi connectivity index (χ1n) is 6.78. The van der Waals surface area contributed by atoms with Gasteiger partial charge in [0.2, 0.25) is 0 Å². The number of carbonyl (C=O) groups is 1. The van der Waals surface area contributed by atoms with E-state index in [0.717, 1.165) is 29.0 Å². The third-order valence-corrected chi connectivity index (χ3v) is 3.12. The van der Waals surface area contributed by atoms with Gasteiger partial charge in [-0.15, -0.1) is 0 Å². The van der Waals surface area contributed by atoms with Crippen molar-refractivity contribution in [1.82, 2.24) is 4.90 Å². The highest BCUT2D eigenvalue weighted by atomic mass is 16.5. The van der Waals surface area contributed by atoms with Gasteiger partial charge in [0.1, 0.15) is 12.4 Å². The fourth-order valence-electron chi connectivity index (χ4n) is 2.07. The van der Waals surface area contributed by atoms with Crippen LogP contribution in [0.2, 0.25) is 0 Å². The van der Waals surface area contributed by atoms with Crippen molar-refractivity contribution >= 4 is 22.8 Å². The highest BCUT2D eigenvalue weighted by Crippen LogP contribution is 2.29. The maximum Gasteiger partial charge on any atom is 0.328 e. The van der Waals surface area contributed by atoms with Crippen LogP contribution in [0.4, 0.5) is 0 Å². The van der Waals surface area contributed by atoms with E-state index in [1.807, 2.05) is 55.4 Å². The van der Waals surface area contributed by atoms with Gasteiger partial charge in [-0.1, -0.05) is 30.3 Å². The third-order valence-electron chi connectivity index (χ3n) is 3.12. The molecule has 0 radical (unpaired) electrons. The number of carboxylic acid groups (broad SMARTS) is 1. The van der Waals surface area contributed by atoms with E-state index in [2.05, 4.69) is 0 Å². The normalized spacial score (nSPS) is 11.4. The maximum atomic E-state index is 10.8. The van der Waals surface area contributed by atoms with Crippen LogP contribution in [0.25, 0.3) is 16.8 Å². The Bertz CT molecular complexity index is 662. The van der Waals surface area contributed by atoms with Crippen molar-refractivity contribution in [2.24, 2.45) is 0 Å². The number of fused-ring (bicyclic) bond motifs is 1. The predicted molar refractivity (Wildman–Crippen MR) is 84.7 cm³/mol. The molecule has 0 atom stereocenters. The zero-order chi connectivity index (χ0) is 15.2. The number of nitrogens with zero attached hydrogens (tertiary/aromatic N) is 1. The molecule has 4 heteroatoms. The van der Waals surface area contributed by atoms with Crippen molar-refractivity contribution in [3.63, 3.8) is 0 Å². The van der Waals surface area contributed by atoms with Gasteiger partial charge in [0.05, 0.1) is 0 Å². The van der Waals surface area contributed by atoms with Crippen LogP contribution < -0.4 is 4.74 Å². The molecular formula is C17H19NO3. The SMILES string of the molecule is CN(C)CCOc1ccc2ccccc2c1C=CC(=O)O. The van der Waals surface area contributed by atoms with E-state index in [0.29, 0.717) is 12.4 Å². The molecule has 0 heterocycles. The van der Waals surface area contributed by atoms with E-state index in [4.69, 9.17) is 9.84 Å². The minimum atomic E-state index is -0.970. The highest BCUT2D eigenvalue weighted by molar-refractivity contribution is 5.96. The van der Waals surface area contributed by atoms with Crippen LogP contribution in [0, 0.1) is 0 Å². The van der Waals surface area contributed by atoms with E-state index in [1.165, 1.54) is 0 Å². The average Bonchev–Trinajstić information content (AvgIpc) is 2.45. The number of rotatable bonds is 6. The molecule has 0 fully saturated rings. The molecule has 0 aliphatic carbocycles. The second-order valence-corrected chi connectivity index (χ2v) is 5.02. The average molecular weight is 285 g/mol. The Morgan fingerprint density at radius 2 is 2.00 bits per heavy atom. The molecule has 21 heavy (non-hydrogen) atoms. The summed E-state index contributed by atoms with van der Waals surface area (Å²) in [5.74, 6) is -0.268. The summed E-state index contributed by atoms with van der Waals surface area (Å²) >= 11 is 0. The van der Waals surface area contributed by atoms with Crippen molar-refractivity contribution in [1.29, 1.82) is 0 Å². The number of aliphatic carboxylic acids is 1. The van der Waals surface area contributed by atoms with E-state index < -0.39 is 5.97 Å². The second-order valence-electron chi connectivity index (χ2n) is 5.02. The molecule has 0 unspecified atom stereocenters. The Morgan fingerprint density at radius 1 is 1.24 bits per heavy atom. The van der Waals surface area contributed by atoms with Crippen molar-refractivity contribution in [3.05, 3.63) is 48.0 Å². The first-order chi connectivity index (χ1) is 10.1. The molecule has 0 spiro atoms. The zero-order valence-corrected chi connectivity index (χ0v) is 12.2. The molecule has 0 saturated carbocycles. The summed E-state index contributed by atoms with van der Waals surface area (Å²) < 4.78 is 5.80. The fraction of sp³-hybridized carbons (Fsp3) is 0.235. The Labute approximate surface area is 124 Å². The third kappa shape index (κ3) is 4.07. The lowest BCUT2D eigenvalue weighted by molar-refractivity contribution is -0.131. The number of carboxylic acids is 1. The van der Waals surface area contributed by atoms with E-state index in [9.17, 15) is 4.79 Å². The summed E-state index contributed by atoms with van der Waals surface area (Å²) in [5.41, 5.74) is 0.800. The predicted octanol–water partition coefficient (Wildman–Crippen LogP) is 2.88. The molecule has 2 aromatic rings. The van der Waals surface area contributed by atoms with Gasteiger partial charge in [-0.25, -0.2) is 4.79 Å². The topological polar surface area (TPSA) is 49.8 Å². The minimum Gasteiger partial charge on any atom is -0.492 e. The van der Waals surface area contributed by atoms with Gasteiger partial charge in [-0.3, -0.25) is 0 Å². The Kier molecular flexibility index (Phi) is 4.95. The summed E-state index contributed by atoms with van der Waals surface area (Å²) in [7, 11) is 3.96. The molecule has 0 aromatic heterocycles. The van der Waals surface area contributed by atoms with Gasteiger partial charge in [0.15, 0.2) is 0 Å². The van der Waals surface area contributed by atoms with Gasteiger partial charge in [-0.2, -0.15) is 0 Å². The van der Waals surface area contributed by atoms with Crippen LogP contribution in [0.1, 0.15) is 5.56 Å². The van der Waals surface area contributed by atoms with Gasteiger partial charge < -0.3 is 14.7 Å². The zero-order valence-electron chi connectivity index (χ0n) is 12.2. The standard InChI is InChI=1S/C17H19NO3/c1-18(2)11-12-21-16-9-7-13-5-3-4-6-14(13)15(16)8-10-17(19)20/h3-10H,11-12H2,1-2H3,(H,19,20). The number of ether oxygens (including phenoxy) is 1. The summed E-state index contributed by atoms with van der Waals surface area (Å²) in [6.45, 7) is 1.36.